The number of rotatable bonds is 2. The van der Waals surface area contributed by atoms with E-state index in [0.717, 1.165) is 32.2 Å². The molecule has 20 heavy (non-hydrogen) atoms. The van der Waals surface area contributed by atoms with Crippen LogP contribution < -0.4 is 10.6 Å². The first-order chi connectivity index (χ1) is 9.72. The van der Waals surface area contributed by atoms with Crippen molar-refractivity contribution in [2.75, 3.05) is 0 Å². The molecular formula is C16H22N2O2. The smallest absolute Gasteiger partial charge is 0.237 e. The molecular weight excluding hydrogens is 252 g/mol. The molecule has 1 aromatic carbocycles. The number of hydrogen-bond acceptors (Lipinski definition) is 3. The van der Waals surface area contributed by atoms with E-state index in [0.29, 0.717) is 6.42 Å². The zero-order valence-electron chi connectivity index (χ0n) is 11.6. The maximum Gasteiger partial charge on any atom is 0.237 e. The van der Waals surface area contributed by atoms with Gasteiger partial charge in [0.2, 0.25) is 5.91 Å². The molecule has 3 rings (SSSR count). The van der Waals surface area contributed by atoms with Crippen LogP contribution in [0, 0.1) is 0 Å². The highest BCUT2D eigenvalue weighted by Crippen LogP contribution is 2.20. The van der Waals surface area contributed by atoms with Gasteiger partial charge in [-0.1, -0.05) is 24.3 Å². The Kier molecular flexibility index (Phi) is 4.03. The fraction of sp³-hybridized carbons (Fsp3) is 0.562. The molecule has 3 N–H and O–H groups in total. The number of fused-ring (bicyclic) bond motifs is 1. The Morgan fingerprint density at radius 2 is 2.05 bits per heavy atom. The van der Waals surface area contributed by atoms with E-state index in [2.05, 4.69) is 22.8 Å². The number of amides is 1. The van der Waals surface area contributed by atoms with Gasteiger partial charge in [0.1, 0.15) is 0 Å². The molecule has 3 atom stereocenters. The molecule has 1 saturated carbocycles. The number of hydrogen-bond donors (Lipinski definition) is 3. The minimum Gasteiger partial charge on any atom is -0.393 e. The highest BCUT2D eigenvalue weighted by atomic mass is 16.3. The van der Waals surface area contributed by atoms with Gasteiger partial charge in [-0.05, 0) is 43.2 Å². The van der Waals surface area contributed by atoms with E-state index in [1.807, 2.05) is 12.1 Å². The average Bonchev–Trinajstić information content (AvgIpc) is 2.47. The van der Waals surface area contributed by atoms with Crippen LogP contribution in [0.4, 0.5) is 0 Å². The summed E-state index contributed by atoms with van der Waals surface area (Å²) in [6.45, 7) is 0.752. The first-order valence-electron chi connectivity index (χ1n) is 7.51. The van der Waals surface area contributed by atoms with Crippen LogP contribution in [0.1, 0.15) is 36.8 Å². The molecule has 0 spiro atoms. The maximum atomic E-state index is 12.3. The quantitative estimate of drug-likeness (QED) is 0.757. The molecule has 1 aliphatic carbocycles. The van der Waals surface area contributed by atoms with Crippen molar-refractivity contribution >= 4 is 5.91 Å². The van der Waals surface area contributed by atoms with Gasteiger partial charge in [0, 0.05) is 12.6 Å². The summed E-state index contributed by atoms with van der Waals surface area (Å²) >= 11 is 0. The summed E-state index contributed by atoms with van der Waals surface area (Å²) in [5, 5.41) is 16.1. The third-order valence-electron chi connectivity index (χ3n) is 4.39. The van der Waals surface area contributed by atoms with Gasteiger partial charge in [0.05, 0.1) is 12.1 Å². The zero-order valence-corrected chi connectivity index (χ0v) is 11.6. The van der Waals surface area contributed by atoms with Crippen LogP contribution in [-0.2, 0) is 17.8 Å². The summed E-state index contributed by atoms with van der Waals surface area (Å²) in [4.78, 5) is 12.3. The van der Waals surface area contributed by atoms with Crippen LogP contribution in [0.3, 0.4) is 0 Å². The lowest BCUT2D eigenvalue weighted by Gasteiger charge is -2.30. The Morgan fingerprint density at radius 1 is 1.25 bits per heavy atom. The van der Waals surface area contributed by atoms with Crippen LogP contribution in [0.25, 0.3) is 0 Å². The predicted octanol–water partition coefficient (Wildman–Crippen LogP) is 1.12. The Morgan fingerprint density at radius 3 is 2.85 bits per heavy atom. The summed E-state index contributed by atoms with van der Waals surface area (Å²) in [7, 11) is 0. The van der Waals surface area contributed by atoms with Gasteiger partial charge in [-0.3, -0.25) is 4.79 Å². The van der Waals surface area contributed by atoms with Crippen molar-refractivity contribution in [3.05, 3.63) is 35.4 Å². The standard InChI is InChI=1S/C16H22N2O2/c19-14-7-3-6-13(9-14)18-16(20)15-8-11-4-1-2-5-12(11)10-17-15/h1-2,4-5,13-15,17,19H,3,6-10H2,(H,18,20)/t13?,14?,15-/m1/s1. The number of aliphatic hydroxyl groups excluding tert-OH is 1. The molecule has 0 aromatic heterocycles. The Bertz CT molecular complexity index is 489. The monoisotopic (exact) mass is 274 g/mol. The second kappa shape index (κ2) is 5.94. The van der Waals surface area contributed by atoms with Gasteiger partial charge in [-0.25, -0.2) is 0 Å². The van der Waals surface area contributed by atoms with Crippen molar-refractivity contribution in [3.63, 3.8) is 0 Å². The molecule has 4 heteroatoms. The molecule has 4 nitrogen and oxygen atoms in total. The van der Waals surface area contributed by atoms with Gasteiger partial charge in [-0.15, -0.1) is 0 Å². The molecule has 1 aliphatic heterocycles. The van der Waals surface area contributed by atoms with Crippen LogP contribution in [-0.4, -0.2) is 29.2 Å². The van der Waals surface area contributed by atoms with Gasteiger partial charge >= 0.3 is 0 Å². The number of benzene rings is 1. The third kappa shape index (κ3) is 3.02. The second-order valence-electron chi connectivity index (χ2n) is 5.93. The fourth-order valence-electron chi connectivity index (χ4n) is 3.24. The first-order valence-corrected chi connectivity index (χ1v) is 7.51. The third-order valence-corrected chi connectivity index (χ3v) is 4.39. The summed E-state index contributed by atoms with van der Waals surface area (Å²) in [6, 6.07) is 8.24. The van der Waals surface area contributed by atoms with Crippen LogP contribution >= 0.6 is 0 Å². The lowest BCUT2D eigenvalue weighted by Crippen LogP contribution is -2.51. The Hall–Kier alpha value is -1.39. The fourth-order valence-corrected chi connectivity index (χ4v) is 3.24. The van der Waals surface area contributed by atoms with Gasteiger partial charge in [0.15, 0.2) is 0 Å². The maximum absolute atomic E-state index is 12.3. The summed E-state index contributed by atoms with van der Waals surface area (Å²) in [6.07, 6.45) is 4.02. The van der Waals surface area contributed by atoms with Crippen LogP contribution in [0.15, 0.2) is 24.3 Å². The lowest BCUT2D eigenvalue weighted by molar-refractivity contribution is -0.124. The summed E-state index contributed by atoms with van der Waals surface area (Å²) in [5.41, 5.74) is 2.54. The van der Waals surface area contributed by atoms with E-state index < -0.39 is 0 Å². The van der Waals surface area contributed by atoms with Crippen LogP contribution in [0.5, 0.6) is 0 Å². The molecule has 0 radical (unpaired) electrons. The van der Waals surface area contributed by atoms with Crippen LogP contribution in [0.2, 0.25) is 0 Å². The van der Waals surface area contributed by atoms with E-state index in [4.69, 9.17) is 0 Å². The minimum atomic E-state index is -0.255. The molecule has 0 saturated heterocycles. The largest absolute Gasteiger partial charge is 0.393 e. The van der Waals surface area contributed by atoms with Crippen molar-refractivity contribution in [1.82, 2.24) is 10.6 Å². The van der Waals surface area contributed by atoms with Crippen molar-refractivity contribution in [3.8, 4) is 0 Å². The number of carbonyl (C=O) groups is 1. The predicted molar refractivity (Wildman–Crippen MR) is 77.2 cm³/mol. The Labute approximate surface area is 119 Å². The van der Waals surface area contributed by atoms with Crippen molar-refractivity contribution in [2.24, 2.45) is 0 Å². The summed E-state index contributed by atoms with van der Waals surface area (Å²) in [5.74, 6) is 0.0682. The Balaban J connectivity index is 1.59. The molecule has 108 valence electrons. The van der Waals surface area contributed by atoms with Gasteiger partial charge < -0.3 is 15.7 Å². The molecule has 2 unspecified atom stereocenters. The first kappa shape index (κ1) is 13.6. The van der Waals surface area contributed by atoms with Crippen molar-refractivity contribution < 1.29 is 9.90 Å². The molecule has 1 amide bonds. The van der Waals surface area contributed by atoms with Crippen molar-refractivity contribution in [1.29, 1.82) is 0 Å². The zero-order chi connectivity index (χ0) is 13.9. The van der Waals surface area contributed by atoms with Gasteiger partial charge in [-0.2, -0.15) is 0 Å². The molecule has 1 heterocycles. The molecule has 0 bridgehead atoms. The second-order valence-corrected chi connectivity index (χ2v) is 5.93. The molecule has 1 fully saturated rings. The van der Waals surface area contributed by atoms with E-state index in [9.17, 15) is 9.90 Å². The van der Waals surface area contributed by atoms with Crippen molar-refractivity contribution in [2.45, 2.75) is 56.8 Å². The molecule has 1 aromatic rings. The molecule has 2 aliphatic rings. The average molecular weight is 274 g/mol. The topological polar surface area (TPSA) is 61.4 Å². The van der Waals surface area contributed by atoms with E-state index in [1.165, 1.54) is 11.1 Å². The highest BCUT2D eigenvalue weighted by Gasteiger charge is 2.27. The minimum absolute atomic E-state index is 0.0682. The van der Waals surface area contributed by atoms with Gasteiger partial charge in [0.25, 0.3) is 0 Å². The SMILES string of the molecule is O=C(NC1CCCC(O)C1)[C@H]1Cc2ccccc2CN1. The van der Waals surface area contributed by atoms with E-state index in [1.54, 1.807) is 0 Å². The van der Waals surface area contributed by atoms with E-state index in [-0.39, 0.29) is 24.1 Å². The lowest BCUT2D eigenvalue weighted by atomic mass is 9.91. The highest BCUT2D eigenvalue weighted by molar-refractivity contribution is 5.82. The number of nitrogens with one attached hydrogen (secondary N) is 2. The number of carbonyl (C=O) groups excluding carboxylic acids is 1. The normalized spacial score (nSPS) is 29.6. The van der Waals surface area contributed by atoms with E-state index >= 15 is 0 Å². The summed E-state index contributed by atoms with van der Waals surface area (Å²) < 4.78 is 0. The number of aliphatic hydroxyl groups is 1.